The van der Waals surface area contributed by atoms with Crippen molar-refractivity contribution < 1.29 is 9.53 Å². The molecule has 4 rings (SSSR count). The first kappa shape index (κ1) is 21.3. The highest BCUT2D eigenvalue weighted by Gasteiger charge is 2.23. The fourth-order valence-electron chi connectivity index (χ4n) is 3.43. The molecule has 4 aromatic rings. The standard InChI is InChI=1S/C24H25N5O3/c1-5-32-20-11-9-18(10-12-20)14-28(22(31)19-8-6-7-15(2)13-19)24-26-23-25-17(4)16(3)21(30)29(23)27-24/h6-13H,5,14H2,1-4H3,(H,25,26,27). The van der Waals surface area contributed by atoms with Crippen LogP contribution in [0.5, 0.6) is 5.75 Å². The third kappa shape index (κ3) is 4.12. The molecule has 0 saturated heterocycles. The first-order valence-corrected chi connectivity index (χ1v) is 10.4. The summed E-state index contributed by atoms with van der Waals surface area (Å²) in [6.45, 7) is 8.18. The van der Waals surface area contributed by atoms with Gasteiger partial charge in [0.15, 0.2) is 0 Å². The van der Waals surface area contributed by atoms with Crippen LogP contribution in [-0.2, 0) is 6.54 Å². The molecule has 8 nitrogen and oxygen atoms in total. The number of carbonyl (C=O) groups excluding carboxylic acids is 1. The van der Waals surface area contributed by atoms with Crippen LogP contribution in [0.4, 0.5) is 5.95 Å². The summed E-state index contributed by atoms with van der Waals surface area (Å²) in [5, 5.41) is 2.96. The van der Waals surface area contributed by atoms with Gasteiger partial charge in [-0.3, -0.25) is 19.6 Å². The zero-order valence-electron chi connectivity index (χ0n) is 18.5. The van der Waals surface area contributed by atoms with Gasteiger partial charge in [-0.1, -0.05) is 29.8 Å². The normalized spacial score (nSPS) is 11.0. The van der Waals surface area contributed by atoms with Crippen LogP contribution in [0.3, 0.4) is 0 Å². The van der Waals surface area contributed by atoms with Gasteiger partial charge in [-0.05, 0) is 57.5 Å². The van der Waals surface area contributed by atoms with E-state index in [4.69, 9.17) is 4.74 Å². The number of nitrogens with zero attached hydrogens (tertiary/aromatic N) is 4. The predicted octanol–water partition coefficient (Wildman–Crippen LogP) is 3.59. The molecular formula is C24H25N5O3. The first-order valence-electron chi connectivity index (χ1n) is 10.4. The molecule has 0 spiro atoms. The van der Waals surface area contributed by atoms with Crippen LogP contribution in [0.2, 0.25) is 0 Å². The number of hydrogen-bond acceptors (Lipinski definition) is 5. The number of nitrogens with one attached hydrogen (secondary N) is 1. The van der Waals surface area contributed by atoms with E-state index in [1.165, 1.54) is 9.42 Å². The summed E-state index contributed by atoms with van der Waals surface area (Å²) in [4.78, 5) is 36.5. The van der Waals surface area contributed by atoms with Crippen molar-refractivity contribution in [3.63, 3.8) is 0 Å². The van der Waals surface area contributed by atoms with Crippen LogP contribution in [0.15, 0.2) is 53.3 Å². The molecule has 0 saturated carbocycles. The number of H-pyrrole nitrogens is 1. The lowest BCUT2D eigenvalue weighted by Gasteiger charge is -2.20. The number of ether oxygens (including phenoxy) is 1. The maximum Gasteiger partial charge on any atom is 0.277 e. The molecule has 0 radical (unpaired) electrons. The first-order chi connectivity index (χ1) is 15.4. The van der Waals surface area contributed by atoms with Gasteiger partial charge in [-0.15, -0.1) is 0 Å². The monoisotopic (exact) mass is 431 g/mol. The molecule has 1 amide bonds. The van der Waals surface area contributed by atoms with Crippen molar-refractivity contribution in [2.24, 2.45) is 0 Å². The molecule has 0 aliphatic rings. The molecule has 164 valence electrons. The van der Waals surface area contributed by atoms with Crippen LogP contribution < -0.4 is 15.2 Å². The van der Waals surface area contributed by atoms with E-state index in [2.05, 4.69) is 15.1 Å². The number of benzene rings is 2. The second-order valence-corrected chi connectivity index (χ2v) is 7.65. The van der Waals surface area contributed by atoms with Gasteiger partial charge in [0.2, 0.25) is 5.95 Å². The molecule has 8 heteroatoms. The Morgan fingerprint density at radius 1 is 1.09 bits per heavy atom. The van der Waals surface area contributed by atoms with Gasteiger partial charge in [0, 0.05) is 16.8 Å². The Morgan fingerprint density at radius 2 is 1.84 bits per heavy atom. The molecule has 2 aromatic heterocycles. The summed E-state index contributed by atoms with van der Waals surface area (Å²) in [6, 6.07) is 14.9. The Labute approximate surface area is 185 Å². The van der Waals surface area contributed by atoms with Crippen molar-refractivity contribution >= 4 is 17.6 Å². The molecule has 0 bridgehead atoms. The summed E-state index contributed by atoms with van der Waals surface area (Å²) >= 11 is 0. The smallest absolute Gasteiger partial charge is 0.277 e. The lowest BCUT2D eigenvalue weighted by Crippen LogP contribution is -2.31. The third-order valence-corrected chi connectivity index (χ3v) is 5.29. The van der Waals surface area contributed by atoms with Gasteiger partial charge in [-0.25, -0.2) is 4.98 Å². The topological polar surface area (TPSA) is 92.6 Å². The zero-order valence-corrected chi connectivity index (χ0v) is 18.5. The highest BCUT2D eigenvalue weighted by atomic mass is 16.5. The van der Waals surface area contributed by atoms with Gasteiger partial charge in [-0.2, -0.15) is 9.50 Å². The number of fused-ring (bicyclic) bond motifs is 1. The Hall–Kier alpha value is -3.94. The maximum absolute atomic E-state index is 13.5. The van der Waals surface area contributed by atoms with Gasteiger partial charge in [0.25, 0.3) is 17.2 Å². The molecule has 0 atom stereocenters. The summed E-state index contributed by atoms with van der Waals surface area (Å²) in [7, 11) is 0. The average Bonchev–Trinajstić information content (AvgIpc) is 3.20. The quantitative estimate of drug-likeness (QED) is 0.504. The maximum atomic E-state index is 13.5. The van der Waals surface area contributed by atoms with Crippen LogP contribution in [-0.4, -0.2) is 32.1 Å². The SMILES string of the molecule is CCOc1ccc(CN(C(=O)c2cccc(C)c2)c2nc3nc(C)c(C)c(=O)n3[nH]2)cc1. The van der Waals surface area contributed by atoms with E-state index < -0.39 is 0 Å². The molecule has 0 aliphatic carbocycles. The Kier molecular flexibility index (Phi) is 5.77. The lowest BCUT2D eigenvalue weighted by atomic mass is 10.1. The molecule has 2 heterocycles. The number of amides is 1. The fourth-order valence-corrected chi connectivity index (χ4v) is 3.43. The number of rotatable bonds is 6. The van der Waals surface area contributed by atoms with Gasteiger partial charge < -0.3 is 4.74 Å². The van der Waals surface area contributed by atoms with Crippen molar-refractivity contribution in [2.45, 2.75) is 34.2 Å². The third-order valence-electron chi connectivity index (χ3n) is 5.29. The highest BCUT2D eigenvalue weighted by molar-refractivity contribution is 6.05. The van der Waals surface area contributed by atoms with Crippen molar-refractivity contribution in [1.82, 2.24) is 19.6 Å². The van der Waals surface area contributed by atoms with Crippen molar-refractivity contribution in [2.75, 3.05) is 11.5 Å². The largest absolute Gasteiger partial charge is 0.494 e. The highest BCUT2D eigenvalue weighted by Crippen LogP contribution is 2.20. The number of aryl methyl sites for hydroxylation is 2. The molecule has 2 aromatic carbocycles. The van der Waals surface area contributed by atoms with E-state index in [0.717, 1.165) is 16.9 Å². The van der Waals surface area contributed by atoms with Crippen LogP contribution in [0.1, 0.15) is 39.7 Å². The average molecular weight is 431 g/mol. The van der Waals surface area contributed by atoms with E-state index in [-0.39, 0.29) is 29.7 Å². The van der Waals surface area contributed by atoms with Crippen molar-refractivity contribution in [1.29, 1.82) is 0 Å². The van der Waals surface area contributed by atoms with E-state index in [1.54, 1.807) is 19.9 Å². The molecule has 32 heavy (non-hydrogen) atoms. The zero-order chi connectivity index (χ0) is 22.8. The van der Waals surface area contributed by atoms with E-state index in [0.29, 0.717) is 23.4 Å². The summed E-state index contributed by atoms with van der Waals surface area (Å²) in [6.07, 6.45) is 0. The van der Waals surface area contributed by atoms with E-state index in [1.807, 2.05) is 56.3 Å². The minimum atomic E-state index is -0.240. The van der Waals surface area contributed by atoms with Crippen LogP contribution >= 0.6 is 0 Å². The molecule has 0 aliphatic heterocycles. The van der Waals surface area contributed by atoms with E-state index in [9.17, 15) is 9.59 Å². The number of aromatic nitrogens is 4. The second-order valence-electron chi connectivity index (χ2n) is 7.65. The summed E-state index contributed by atoms with van der Waals surface area (Å²) < 4.78 is 6.78. The molecule has 0 unspecified atom stereocenters. The van der Waals surface area contributed by atoms with Crippen LogP contribution in [0.25, 0.3) is 5.78 Å². The van der Waals surface area contributed by atoms with E-state index >= 15 is 0 Å². The van der Waals surface area contributed by atoms with Crippen molar-refractivity contribution in [3.8, 4) is 5.75 Å². The van der Waals surface area contributed by atoms with Gasteiger partial charge >= 0.3 is 0 Å². The molecule has 1 N–H and O–H groups in total. The number of aromatic amines is 1. The number of hydrogen-bond donors (Lipinski definition) is 1. The minimum absolute atomic E-state index is 0.224. The predicted molar refractivity (Wildman–Crippen MR) is 122 cm³/mol. The lowest BCUT2D eigenvalue weighted by molar-refractivity contribution is 0.0983. The molecular weight excluding hydrogens is 406 g/mol. The Balaban J connectivity index is 1.78. The Morgan fingerprint density at radius 3 is 2.53 bits per heavy atom. The summed E-state index contributed by atoms with van der Waals surface area (Å²) in [5.41, 5.74) is 3.30. The fraction of sp³-hybridized carbons (Fsp3) is 0.250. The number of anilines is 1. The van der Waals surface area contributed by atoms with Gasteiger partial charge in [0.1, 0.15) is 5.75 Å². The summed E-state index contributed by atoms with van der Waals surface area (Å²) in [5.74, 6) is 1.00. The Bertz CT molecular complexity index is 1340. The molecule has 0 fully saturated rings. The minimum Gasteiger partial charge on any atom is -0.494 e. The second kappa shape index (κ2) is 8.66. The number of carbonyl (C=O) groups is 1. The van der Waals surface area contributed by atoms with Gasteiger partial charge in [0.05, 0.1) is 13.2 Å². The van der Waals surface area contributed by atoms with Crippen LogP contribution in [0, 0.1) is 20.8 Å². The van der Waals surface area contributed by atoms with Crippen molar-refractivity contribution in [3.05, 3.63) is 86.8 Å².